The van der Waals surface area contributed by atoms with Crippen molar-refractivity contribution in [3.63, 3.8) is 0 Å². The summed E-state index contributed by atoms with van der Waals surface area (Å²) >= 11 is 12.9. The predicted molar refractivity (Wildman–Crippen MR) is 199 cm³/mol. The van der Waals surface area contributed by atoms with Gasteiger partial charge in [0.1, 0.15) is 6.04 Å². The van der Waals surface area contributed by atoms with Crippen molar-refractivity contribution in [1.82, 2.24) is 20.2 Å². The van der Waals surface area contributed by atoms with Crippen LogP contribution in [-0.2, 0) is 20.4 Å². The number of piperidine rings is 1. The lowest BCUT2D eigenvalue weighted by Gasteiger charge is -2.43. The van der Waals surface area contributed by atoms with Crippen molar-refractivity contribution in [2.75, 3.05) is 60.6 Å². The number of halogens is 2. The van der Waals surface area contributed by atoms with Crippen LogP contribution in [-0.4, -0.2) is 104 Å². The highest BCUT2D eigenvalue weighted by molar-refractivity contribution is 6.42. The summed E-state index contributed by atoms with van der Waals surface area (Å²) in [4.78, 5) is 44.2. The lowest BCUT2D eigenvalue weighted by molar-refractivity contribution is -0.145. The highest BCUT2D eigenvalue weighted by atomic mass is 35.5. The molecule has 0 radical (unpaired) electrons. The third-order valence-electron chi connectivity index (χ3n) is 11.2. The summed E-state index contributed by atoms with van der Waals surface area (Å²) in [6.07, 6.45) is 3.87. The van der Waals surface area contributed by atoms with Gasteiger partial charge < -0.3 is 29.1 Å². The molecular weight excluding hydrogens is 707 g/mol. The number of aliphatic carboxylic acids is 1. The first-order valence-corrected chi connectivity index (χ1v) is 18.4. The topological polar surface area (TPSA) is 121 Å². The molecule has 278 valence electrons. The first kappa shape index (κ1) is 37.7. The van der Waals surface area contributed by atoms with Crippen LogP contribution in [0.1, 0.15) is 60.0 Å². The average molecular weight is 754 g/mol. The Kier molecular flexibility index (Phi) is 11.5. The SMILES string of the molecule is COc1cc(C(=O)N2CC[C@](CCN3CCC(C(=O)NN4CCC[C@H]4C(=O)O)(c4ccccc4)CC3)(c3ccc(Cl)c(Cl)c3)C2)cc(OC)c1OC. The Bertz CT molecular complexity index is 1760. The molecule has 0 unspecified atom stereocenters. The van der Waals surface area contributed by atoms with E-state index in [4.69, 9.17) is 37.4 Å². The molecule has 3 heterocycles. The molecule has 0 bridgehead atoms. The molecule has 3 aliphatic rings. The number of ether oxygens (including phenoxy) is 3. The minimum absolute atomic E-state index is 0.138. The number of rotatable bonds is 12. The van der Waals surface area contributed by atoms with Gasteiger partial charge in [-0.25, -0.2) is 5.01 Å². The number of likely N-dealkylation sites (tertiary alicyclic amines) is 2. The molecular formula is C39H46Cl2N4O7. The van der Waals surface area contributed by atoms with E-state index in [1.807, 2.05) is 53.4 Å². The quantitative estimate of drug-likeness (QED) is 0.236. The molecule has 3 aromatic rings. The van der Waals surface area contributed by atoms with E-state index in [9.17, 15) is 19.5 Å². The van der Waals surface area contributed by atoms with Gasteiger partial charge in [-0.3, -0.25) is 19.8 Å². The molecule has 13 heteroatoms. The Morgan fingerprint density at radius 2 is 1.54 bits per heavy atom. The van der Waals surface area contributed by atoms with E-state index in [2.05, 4.69) is 10.3 Å². The van der Waals surface area contributed by atoms with E-state index < -0.39 is 22.8 Å². The number of hydrogen-bond donors (Lipinski definition) is 2. The summed E-state index contributed by atoms with van der Waals surface area (Å²) < 4.78 is 16.5. The first-order valence-electron chi connectivity index (χ1n) is 17.7. The second kappa shape index (κ2) is 15.9. The third-order valence-corrected chi connectivity index (χ3v) is 12.0. The molecule has 0 aliphatic carbocycles. The third kappa shape index (κ3) is 7.42. The van der Waals surface area contributed by atoms with Crippen molar-refractivity contribution >= 4 is 41.0 Å². The molecule has 3 aromatic carbocycles. The minimum Gasteiger partial charge on any atom is -0.493 e. The molecule has 3 saturated heterocycles. The number of hydrazine groups is 1. The van der Waals surface area contributed by atoms with Gasteiger partial charge >= 0.3 is 5.97 Å². The summed E-state index contributed by atoms with van der Waals surface area (Å²) in [5.74, 6) is 0.0218. The fourth-order valence-corrected chi connectivity index (χ4v) is 8.47. The van der Waals surface area contributed by atoms with Crippen LogP contribution in [0.4, 0.5) is 0 Å². The van der Waals surface area contributed by atoms with Crippen LogP contribution in [0, 0.1) is 0 Å². The van der Waals surface area contributed by atoms with Crippen LogP contribution < -0.4 is 19.6 Å². The Morgan fingerprint density at radius 3 is 2.15 bits per heavy atom. The number of nitrogens with one attached hydrogen (secondary N) is 1. The Balaban J connectivity index is 1.20. The zero-order valence-corrected chi connectivity index (χ0v) is 31.3. The second-order valence-electron chi connectivity index (χ2n) is 14.0. The molecule has 52 heavy (non-hydrogen) atoms. The van der Waals surface area contributed by atoms with Crippen LogP contribution in [0.5, 0.6) is 17.2 Å². The summed E-state index contributed by atoms with van der Waals surface area (Å²) in [6.45, 7) is 3.63. The molecule has 0 saturated carbocycles. The van der Waals surface area contributed by atoms with Crippen molar-refractivity contribution in [2.45, 2.75) is 55.4 Å². The van der Waals surface area contributed by atoms with Crippen LogP contribution >= 0.6 is 23.2 Å². The van der Waals surface area contributed by atoms with Crippen LogP contribution in [0.3, 0.4) is 0 Å². The van der Waals surface area contributed by atoms with Crippen molar-refractivity contribution in [3.8, 4) is 17.2 Å². The van der Waals surface area contributed by atoms with E-state index in [0.29, 0.717) is 84.8 Å². The zero-order valence-electron chi connectivity index (χ0n) is 29.8. The maximum absolute atomic E-state index is 14.1. The van der Waals surface area contributed by atoms with Gasteiger partial charge in [0.05, 0.1) is 36.8 Å². The van der Waals surface area contributed by atoms with Gasteiger partial charge in [-0.05, 0) is 93.6 Å². The number of carboxylic acids is 1. The molecule has 3 aliphatic heterocycles. The second-order valence-corrected chi connectivity index (χ2v) is 14.8. The number of amides is 2. The largest absolute Gasteiger partial charge is 0.493 e. The fourth-order valence-electron chi connectivity index (χ4n) is 8.17. The van der Waals surface area contributed by atoms with Gasteiger partial charge in [0.2, 0.25) is 11.7 Å². The van der Waals surface area contributed by atoms with Gasteiger partial charge in [0.25, 0.3) is 5.91 Å². The number of methoxy groups -OCH3 is 3. The molecule has 2 atom stereocenters. The van der Waals surface area contributed by atoms with Gasteiger partial charge in [-0.2, -0.15) is 0 Å². The summed E-state index contributed by atoms with van der Waals surface area (Å²) in [5.41, 5.74) is 4.22. The fraction of sp³-hybridized carbons (Fsp3) is 0.462. The lowest BCUT2D eigenvalue weighted by Crippen LogP contribution is -2.57. The number of hydrogen-bond acceptors (Lipinski definition) is 8. The van der Waals surface area contributed by atoms with Gasteiger partial charge in [-0.15, -0.1) is 0 Å². The van der Waals surface area contributed by atoms with E-state index in [1.165, 1.54) is 21.3 Å². The number of carbonyl (C=O) groups is 3. The van der Waals surface area contributed by atoms with Gasteiger partial charge in [0.15, 0.2) is 11.5 Å². The van der Waals surface area contributed by atoms with Crippen LogP contribution in [0.15, 0.2) is 60.7 Å². The molecule has 3 fully saturated rings. The Labute approximate surface area is 314 Å². The Hall–Kier alpha value is -4.03. The van der Waals surface area contributed by atoms with E-state index in [-0.39, 0.29) is 11.8 Å². The Morgan fingerprint density at radius 1 is 0.846 bits per heavy atom. The first-order chi connectivity index (χ1) is 25.0. The summed E-state index contributed by atoms with van der Waals surface area (Å²) in [6, 6.07) is 18.2. The normalized spacial score (nSPS) is 21.9. The maximum Gasteiger partial charge on any atom is 0.322 e. The monoisotopic (exact) mass is 752 g/mol. The van der Waals surface area contributed by atoms with Crippen molar-refractivity contribution < 1.29 is 33.7 Å². The molecule has 0 spiro atoms. The number of benzene rings is 3. The van der Waals surface area contributed by atoms with Gasteiger partial charge in [0, 0.05) is 30.6 Å². The van der Waals surface area contributed by atoms with Crippen molar-refractivity contribution in [1.29, 1.82) is 0 Å². The summed E-state index contributed by atoms with van der Waals surface area (Å²) in [5, 5.41) is 12.2. The zero-order chi connectivity index (χ0) is 37.0. The highest BCUT2D eigenvalue weighted by Gasteiger charge is 2.46. The lowest BCUT2D eigenvalue weighted by atomic mass is 9.71. The summed E-state index contributed by atoms with van der Waals surface area (Å²) in [7, 11) is 4.57. The van der Waals surface area contributed by atoms with E-state index >= 15 is 0 Å². The number of carbonyl (C=O) groups excluding carboxylic acids is 2. The number of carboxylic acid groups (broad SMARTS) is 1. The van der Waals surface area contributed by atoms with Gasteiger partial charge in [-0.1, -0.05) is 59.6 Å². The predicted octanol–water partition coefficient (Wildman–Crippen LogP) is 5.81. The standard InChI is InChI=1S/C39H46Cl2N4O7/c1-50-32-22-26(23-33(51-2)34(32)52-3)35(46)44-21-14-38(25-44,28-11-12-29(40)30(41)24-28)13-18-43-19-15-39(16-20-43,27-8-5-4-6-9-27)37(49)42-45-17-7-10-31(45)36(47)48/h4-6,8-9,11-12,22-24,31H,7,10,13-21,25H2,1-3H3,(H,42,49)(H,47,48)/t31-,38-/m0/s1. The average Bonchev–Trinajstić information content (AvgIpc) is 3.83. The van der Waals surface area contributed by atoms with Crippen LogP contribution in [0.2, 0.25) is 10.0 Å². The van der Waals surface area contributed by atoms with E-state index in [1.54, 1.807) is 17.1 Å². The maximum atomic E-state index is 14.1. The minimum atomic E-state index is -0.923. The number of nitrogens with zero attached hydrogens (tertiary/aromatic N) is 3. The van der Waals surface area contributed by atoms with E-state index in [0.717, 1.165) is 36.9 Å². The molecule has 0 aromatic heterocycles. The highest BCUT2D eigenvalue weighted by Crippen LogP contribution is 2.43. The molecule has 6 rings (SSSR count). The van der Waals surface area contributed by atoms with Crippen LogP contribution in [0.25, 0.3) is 0 Å². The van der Waals surface area contributed by atoms with Crippen molar-refractivity contribution in [2.24, 2.45) is 0 Å². The van der Waals surface area contributed by atoms with Crippen molar-refractivity contribution in [3.05, 3.63) is 87.4 Å². The molecule has 11 nitrogen and oxygen atoms in total. The molecule has 2 N–H and O–H groups in total. The smallest absolute Gasteiger partial charge is 0.322 e. The molecule has 2 amide bonds.